The van der Waals surface area contributed by atoms with Crippen LogP contribution in [-0.4, -0.2) is 28.2 Å². The van der Waals surface area contributed by atoms with Gasteiger partial charge in [0.25, 0.3) is 0 Å². The molecule has 0 amide bonds. The van der Waals surface area contributed by atoms with Crippen LogP contribution in [0.3, 0.4) is 0 Å². The van der Waals surface area contributed by atoms with Crippen LogP contribution in [-0.2, 0) is 13.2 Å². The lowest BCUT2D eigenvalue weighted by Gasteiger charge is -2.16. The molecule has 0 radical (unpaired) electrons. The molecule has 188 valence electrons. The first kappa shape index (κ1) is 25.8. The summed E-state index contributed by atoms with van der Waals surface area (Å²) in [4.78, 5) is 11.3. The first-order chi connectivity index (χ1) is 17.9. The zero-order valence-electron chi connectivity index (χ0n) is 19.6. The van der Waals surface area contributed by atoms with Gasteiger partial charge < -0.3 is 20.4 Å². The lowest BCUT2D eigenvalue weighted by molar-refractivity contribution is -0.386. The van der Waals surface area contributed by atoms with E-state index in [1.165, 1.54) is 24.3 Å². The van der Waals surface area contributed by atoms with Gasteiger partial charge in [-0.15, -0.1) is 0 Å². The highest BCUT2D eigenvalue weighted by molar-refractivity contribution is 9.10. The molecule has 0 fully saturated rings. The molecule has 0 bridgehead atoms. The molecule has 4 N–H and O–H groups in total. The highest BCUT2D eigenvalue weighted by atomic mass is 79.9. The molecule has 1 aliphatic carbocycles. The highest BCUT2D eigenvalue weighted by Crippen LogP contribution is 2.37. The number of rotatable bonds is 9. The second-order valence-corrected chi connectivity index (χ2v) is 8.86. The fourth-order valence-electron chi connectivity index (χ4n) is 3.75. The third-order valence-electron chi connectivity index (χ3n) is 5.67. The smallest absolute Gasteiger partial charge is 0.311 e. The van der Waals surface area contributed by atoms with E-state index in [9.17, 15) is 10.1 Å². The maximum atomic E-state index is 11.8. The summed E-state index contributed by atoms with van der Waals surface area (Å²) in [6, 6.07) is 18.4. The summed E-state index contributed by atoms with van der Waals surface area (Å²) in [6.07, 6.45) is 4.67. The Balaban J connectivity index is 1.58. The first-order valence-electron chi connectivity index (χ1n) is 11.2. The quantitative estimate of drug-likeness (QED) is 0.130. The standard InChI is InChI=1S/C27H23BrN4O5/c28-27-19(7-4-8-21(27)18-5-2-1-3-6-18)16-37-26-13-25(20(14-29)12-24(26)32(34)35)36-15-17-9-10-23(31-33)22(30)11-17/h1-13,30,33H,14-16,29H2/b30-22?,31-23-. The van der Waals surface area contributed by atoms with Crippen molar-refractivity contribution in [2.75, 3.05) is 6.61 Å². The summed E-state index contributed by atoms with van der Waals surface area (Å²) in [5, 5.41) is 31.6. The number of nitrogens with one attached hydrogen (secondary N) is 1. The fraction of sp³-hybridized carbons (Fsp3) is 0.111. The number of hydrogen-bond donors (Lipinski definition) is 3. The van der Waals surface area contributed by atoms with Gasteiger partial charge in [-0.2, -0.15) is 0 Å². The Kier molecular flexibility index (Phi) is 8.11. The third kappa shape index (κ3) is 5.93. The average molecular weight is 563 g/mol. The number of ether oxygens (including phenoxy) is 2. The van der Waals surface area contributed by atoms with Crippen molar-refractivity contribution in [2.24, 2.45) is 10.9 Å². The minimum atomic E-state index is -0.517. The molecule has 9 nitrogen and oxygen atoms in total. The van der Waals surface area contributed by atoms with Crippen LogP contribution in [0.15, 0.2) is 94.1 Å². The Labute approximate surface area is 221 Å². The molecule has 0 spiro atoms. The van der Waals surface area contributed by atoms with E-state index in [0.29, 0.717) is 16.9 Å². The molecular weight excluding hydrogens is 540 g/mol. The number of halogens is 1. The van der Waals surface area contributed by atoms with Crippen molar-refractivity contribution < 1.29 is 19.6 Å². The van der Waals surface area contributed by atoms with Gasteiger partial charge in [-0.1, -0.05) is 59.8 Å². The predicted molar refractivity (Wildman–Crippen MR) is 145 cm³/mol. The lowest BCUT2D eigenvalue weighted by atomic mass is 10.0. The molecule has 0 saturated heterocycles. The van der Waals surface area contributed by atoms with E-state index in [1.54, 1.807) is 6.08 Å². The van der Waals surface area contributed by atoms with E-state index in [1.807, 2.05) is 48.5 Å². The van der Waals surface area contributed by atoms with E-state index in [4.69, 9.17) is 25.8 Å². The van der Waals surface area contributed by atoms with Crippen molar-refractivity contribution in [2.45, 2.75) is 13.2 Å². The van der Waals surface area contributed by atoms with Gasteiger partial charge in [0.1, 0.15) is 24.7 Å². The number of nitrogens with two attached hydrogens (primary N) is 1. The molecule has 4 rings (SSSR count). The number of nitro groups is 1. The second kappa shape index (κ2) is 11.6. The maximum absolute atomic E-state index is 11.8. The van der Waals surface area contributed by atoms with Crippen molar-refractivity contribution in [3.63, 3.8) is 0 Å². The van der Waals surface area contributed by atoms with Crippen LogP contribution in [0.4, 0.5) is 5.69 Å². The van der Waals surface area contributed by atoms with Gasteiger partial charge in [-0.05, 0) is 44.8 Å². The summed E-state index contributed by atoms with van der Waals surface area (Å²) in [5.41, 5.74) is 9.73. The van der Waals surface area contributed by atoms with Crippen LogP contribution in [0, 0.1) is 15.5 Å². The first-order valence-corrected chi connectivity index (χ1v) is 12.0. The Bertz CT molecular complexity index is 1430. The zero-order valence-corrected chi connectivity index (χ0v) is 21.1. The second-order valence-electron chi connectivity index (χ2n) is 8.06. The normalized spacial score (nSPS) is 13.9. The fourth-order valence-corrected chi connectivity index (χ4v) is 4.36. The molecule has 0 unspecified atom stereocenters. The lowest BCUT2D eigenvalue weighted by Crippen LogP contribution is -2.15. The molecule has 3 aromatic carbocycles. The van der Waals surface area contributed by atoms with E-state index in [0.717, 1.165) is 21.2 Å². The summed E-state index contributed by atoms with van der Waals surface area (Å²) in [6.45, 7) is 0.178. The van der Waals surface area contributed by atoms with E-state index >= 15 is 0 Å². The van der Waals surface area contributed by atoms with Crippen molar-refractivity contribution in [1.29, 1.82) is 5.41 Å². The summed E-state index contributed by atoms with van der Waals surface area (Å²) >= 11 is 3.65. The molecule has 0 aromatic heterocycles. The number of nitro benzene ring substituents is 1. The van der Waals surface area contributed by atoms with Crippen molar-refractivity contribution >= 4 is 33.0 Å². The van der Waals surface area contributed by atoms with Gasteiger partial charge >= 0.3 is 5.69 Å². The van der Waals surface area contributed by atoms with Gasteiger partial charge in [0.05, 0.1) is 10.6 Å². The molecule has 0 saturated carbocycles. The Morgan fingerprint density at radius 3 is 2.43 bits per heavy atom. The van der Waals surface area contributed by atoms with E-state index in [-0.39, 0.29) is 42.6 Å². The average Bonchev–Trinajstić information content (AvgIpc) is 2.91. The number of benzene rings is 3. The van der Waals surface area contributed by atoms with Crippen LogP contribution in [0.2, 0.25) is 0 Å². The minimum Gasteiger partial charge on any atom is -0.488 e. The molecule has 10 heteroatoms. The van der Waals surface area contributed by atoms with Gasteiger partial charge in [0.15, 0.2) is 0 Å². The minimum absolute atomic E-state index is 0.0210. The Morgan fingerprint density at radius 2 is 1.76 bits per heavy atom. The van der Waals surface area contributed by atoms with Gasteiger partial charge in [0.2, 0.25) is 5.75 Å². The van der Waals surface area contributed by atoms with Crippen LogP contribution >= 0.6 is 15.9 Å². The van der Waals surface area contributed by atoms with E-state index < -0.39 is 4.92 Å². The van der Waals surface area contributed by atoms with Gasteiger partial charge in [-0.3, -0.25) is 15.5 Å². The summed E-state index contributed by atoms with van der Waals surface area (Å²) in [7, 11) is 0. The van der Waals surface area contributed by atoms with Gasteiger partial charge in [-0.25, -0.2) is 0 Å². The highest BCUT2D eigenvalue weighted by Gasteiger charge is 2.21. The molecule has 0 aliphatic heterocycles. The number of nitrogens with zero attached hydrogens (tertiary/aromatic N) is 2. The molecular formula is C27H23BrN4O5. The zero-order chi connectivity index (χ0) is 26.4. The molecule has 1 aliphatic rings. The van der Waals surface area contributed by atoms with Crippen molar-refractivity contribution in [3.05, 3.63) is 110 Å². The Hall–Kier alpha value is -4.28. The molecule has 0 atom stereocenters. The maximum Gasteiger partial charge on any atom is 0.311 e. The van der Waals surface area contributed by atoms with E-state index in [2.05, 4.69) is 21.1 Å². The van der Waals surface area contributed by atoms with Crippen LogP contribution in [0.25, 0.3) is 11.1 Å². The van der Waals surface area contributed by atoms with Crippen LogP contribution in [0.5, 0.6) is 11.5 Å². The molecule has 3 aromatic rings. The van der Waals surface area contributed by atoms with Crippen molar-refractivity contribution in [1.82, 2.24) is 0 Å². The monoisotopic (exact) mass is 562 g/mol. The predicted octanol–water partition coefficient (Wildman–Crippen LogP) is 5.79. The topological polar surface area (TPSA) is 144 Å². The summed E-state index contributed by atoms with van der Waals surface area (Å²) in [5.74, 6) is 0.382. The summed E-state index contributed by atoms with van der Waals surface area (Å²) < 4.78 is 12.7. The Morgan fingerprint density at radius 1 is 1.00 bits per heavy atom. The van der Waals surface area contributed by atoms with Crippen molar-refractivity contribution in [3.8, 4) is 22.6 Å². The number of oxime groups is 1. The van der Waals surface area contributed by atoms with Crippen LogP contribution in [0.1, 0.15) is 11.1 Å². The van der Waals surface area contributed by atoms with Crippen LogP contribution < -0.4 is 15.2 Å². The molecule has 0 heterocycles. The van der Waals surface area contributed by atoms with Gasteiger partial charge in [0, 0.05) is 34.3 Å². The number of hydrogen-bond acceptors (Lipinski definition) is 8. The largest absolute Gasteiger partial charge is 0.488 e. The third-order valence-corrected chi connectivity index (χ3v) is 6.60. The number of allylic oxidation sites excluding steroid dienone is 2. The molecule has 37 heavy (non-hydrogen) atoms. The SMILES string of the molecule is N=C1C=C(COc2cc(OCc3cccc(-c4ccccc4)c3Br)c([N+](=O)[O-])cc2CN)C=C/C1=N/O.